The number of sulfonamides is 1. The van der Waals surface area contributed by atoms with E-state index in [2.05, 4.69) is 30.8 Å². The number of nitrogens with one attached hydrogen (secondary N) is 1. The standard InChI is InChI=1S/C19H18BrN3O4S/c20-18-12-16(27-19(18)23-7-9-26-10-8-23)13-21-22-28(24,25)17-6-5-14-3-1-2-4-15(14)11-17/h1-6,11-13,22H,7-10H2/b21-13+. The number of nitrogens with zero attached hydrogens (tertiary/aromatic N) is 2. The lowest BCUT2D eigenvalue weighted by Crippen LogP contribution is -2.36. The van der Waals surface area contributed by atoms with Crippen LogP contribution in [0.1, 0.15) is 5.76 Å². The highest BCUT2D eigenvalue weighted by molar-refractivity contribution is 9.10. The number of fused-ring (bicyclic) bond motifs is 1. The molecule has 146 valence electrons. The average Bonchev–Trinajstić information content (AvgIpc) is 3.08. The minimum Gasteiger partial charge on any atom is -0.438 e. The molecule has 1 aromatic heterocycles. The molecule has 1 saturated heterocycles. The molecule has 0 unspecified atom stereocenters. The molecule has 2 aromatic carbocycles. The number of benzene rings is 2. The normalized spacial score (nSPS) is 15.4. The molecule has 0 aliphatic carbocycles. The molecule has 2 heterocycles. The van der Waals surface area contributed by atoms with Crippen molar-refractivity contribution in [3.8, 4) is 0 Å². The summed E-state index contributed by atoms with van der Waals surface area (Å²) in [6.45, 7) is 2.75. The number of rotatable bonds is 5. The van der Waals surface area contributed by atoms with Crippen LogP contribution in [0.15, 0.2) is 67.4 Å². The van der Waals surface area contributed by atoms with Crippen LogP contribution in [-0.2, 0) is 14.8 Å². The lowest BCUT2D eigenvalue weighted by molar-refractivity contribution is 0.120. The Balaban J connectivity index is 1.49. The minimum atomic E-state index is -3.77. The van der Waals surface area contributed by atoms with Crippen molar-refractivity contribution in [2.24, 2.45) is 5.10 Å². The zero-order valence-electron chi connectivity index (χ0n) is 14.8. The van der Waals surface area contributed by atoms with Crippen LogP contribution >= 0.6 is 15.9 Å². The molecule has 1 aliphatic heterocycles. The van der Waals surface area contributed by atoms with Gasteiger partial charge in [-0.2, -0.15) is 18.4 Å². The summed E-state index contributed by atoms with van der Waals surface area (Å²) in [5.74, 6) is 1.12. The van der Waals surface area contributed by atoms with Gasteiger partial charge in [-0.15, -0.1) is 0 Å². The predicted molar refractivity (Wildman–Crippen MR) is 111 cm³/mol. The number of hydrogen-bond acceptors (Lipinski definition) is 6. The molecule has 7 nitrogen and oxygen atoms in total. The van der Waals surface area contributed by atoms with Gasteiger partial charge in [0.05, 0.1) is 28.8 Å². The third kappa shape index (κ3) is 4.06. The maximum atomic E-state index is 12.5. The summed E-state index contributed by atoms with van der Waals surface area (Å²) in [4.78, 5) is 4.44. The lowest BCUT2D eigenvalue weighted by Gasteiger charge is -2.26. The maximum absolute atomic E-state index is 12.5. The van der Waals surface area contributed by atoms with Crippen molar-refractivity contribution < 1.29 is 17.6 Å². The number of anilines is 1. The molecule has 1 fully saturated rings. The number of ether oxygens (including phenoxy) is 1. The van der Waals surface area contributed by atoms with Crippen LogP contribution in [0.4, 0.5) is 5.88 Å². The highest BCUT2D eigenvalue weighted by Gasteiger charge is 2.18. The van der Waals surface area contributed by atoms with Gasteiger partial charge in [0, 0.05) is 19.2 Å². The topological polar surface area (TPSA) is 84.1 Å². The number of morpholine rings is 1. The third-order valence-corrected chi connectivity index (χ3v) is 6.17. The molecule has 9 heteroatoms. The zero-order valence-corrected chi connectivity index (χ0v) is 17.2. The number of furan rings is 1. The summed E-state index contributed by atoms with van der Waals surface area (Å²) >= 11 is 3.47. The molecule has 0 atom stereocenters. The van der Waals surface area contributed by atoms with Gasteiger partial charge in [0.25, 0.3) is 10.0 Å². The van der Waals surface area contributed by atoms with Gasteiger partial charge in [-0.3, -0.25) is 0 Å². The molecular weight excluding hydrogens is 446 g/mol. The molecule has 0 bridgehead atoms. The number of hydrazone groups is 1. The highest BCUT2D eigenvalue weighted by atomic mass is 79.9. The van der Waals surface area contributed by atoms with Crippen LogP contribution in [0.3, 0.4) is 0 Å². The first-order valence-electron chi connectivity index (χ1n) is 8.69. The Kier molecular flexibility index (Phi) is 5.38. The Morgan fingerprint density at radius 3 is 2.61 bits per heavy atom. The average molecular weight is 464 g/mol. The summed E-state index contributed by atoms with van der Waals surface area (Å²) in [5.41, 5.74) is 0. The minimum absolute atomic E-state index is 0.151. The second-order valence-corrected chi connectivity index (χ2v) is 8.78. The predicted octanol–water partition coefficient (Wildman–Crippen LogP) is 3.34. The van der Waals surface area contributed by atoms with Gasteiger partial charge < -0.3 is 14.1 Å². The zero-order chi connectivity index (χ0) is 19.6. The van der Waals surface area contributed by atoms with Crippen molar-refractivity contribution in [1.82, 2.24) is 4.83 Å². The van der Waals surface area contributed by atoms with Crippen molar-refractivity contribution in [3.05, 3.63) is 58.8 Å². The van der Waals surface area contributed by atoms with E-state index in [1.807, 2.05) is 24.3 Å². The first-order chi connectivity index (χ1) is 13.5. The second kappa shape index (κ2) is 7.94. The summed E-state index contributed by atoms with van der Waals surface area (Å²) in [7, 11) is -3.77. The van der Waals surface area contributed by atoms with Crippen LogP contribution in [0.5, 0.6) is 0 Å². The van der Waals surface area contributed by atoms with E-state index in [-0.39, 0.29) is 4.90 Å². The first-order valence-corrected chi connectivity index (χ1v) is 11.0. The molecule has 4 rings (SSSR count). The van der Waals surface area contributed by atoms with Gasteiger partial charge in [-0.1, -0.05) is 30.3 Å². The van der Waals surface area contributed by atoms with E-state index in [1.54, 1.807) is 24.3 Å². The number of halogens is 1. The SMILES string of the molecule is O=S(=O)(N/N=C/c1cc(Br)c(N2CCOCC2)o1)c1ccc2ccccc2c1. The molecule has 0 spiro atoms. The molecule has 0 amide bonds. The van der Waals surface area contributed by atoms with Crippen molar-refractivity contribution in [2.45, 2.75) is 4.90 Å². The highest BCUT2D eigenvalue weighted by Crippen LogP contribution is 2.30. The Bertz CT molecular complexity index is 1120. The van der Waals surface area contributed by atoms with Crippen molar-refractivity contribution >= 4 is 48.8 Å². The van der Waals surface area contributed by atoms with Crippen LogP contribution in [-0.4, -0.2) is 40.9 Å². The molecule has 1 aliphatic rings. The molecule has 1 N–H and O–H groups in total. The van der Waals surface area contributed by atoms with E-state index in [0.29, 0.717) is 24.9 Å². The van der Waals surface area contributed by atoms with Crippen LogP contribution < -0.4 is 9.73 Å². The summed E-state index contributed by atoms with van der Waals surface area (Å²) < 4.78 is 36.9. The largest absolute Gasteiger partial charge is 0.438 e. The second-order valence-electron chi connectivity index (χ2n) is 6.26. The van der Waals surface area contributed by atoms with Crippen molar-refractivity contribution in [2.75, 3.05) is 31.2 Å². The summed E-state index contributed by atoms with van der Waals surface area (Å²) in [5, 5.41) is 5.67. The number of hydrogen-bond donors (Lipinski definition) is 1. The fraction of sp³-hybridized carbons (Fsp3) is 0.211. The van der Waals surface area contributed by atoms with E-state index < -0.39 is 10.0 Å². The van der Waals surface area contributed by atoms with E-state index in [1.165, 1.54) is 6.21 Å². The summed E-state index contributed by atoms with van der Waals surface area (Å²) in [6, 6.07) is 14.3. The molecule has 0 saturated carbocycles. The van der Waals surface area contributed by atoms with E-state index in [0.717, 1.165) is 28.3 Å². The van der Waals surface area contributed by atoms with Gasteiger partial charge in [-0.25, -0.2) is 0 Å². The maximum Gasteiger partial charge on any atom is 0.276 e. The van der Waals surface area contributed by atoms with E-state index in [9.17, 15) is 8.42 Å². The van der Waals surface area contributed by atoms with Gasteiger partial charge >= 0.3 is 0 Å². The first kappa shape index (κ1) is 19.0. The Hall–Kier alpha value is -2.36. The monoisotopic (exact) mass is 463 g/mol. The molecular formula is C19H18BrN3O4S. The smallest absolute Gasteiger partial charge is 0.276 e. The molecule has 28 heavy (non-hydrogen) atoms. The lowest BCUT2D eigenvalue weighted by atomic mass is 10.1. The molecule has 0 radical (unpaired) electrons. The fourth-order valence-corrected chi connectivity index (χ4v) is 4.35. The fourth-order valence-electron chi connectivity index (χ4n) is 2.97. The van der Waals surface area contributed by atoms with Crippen LogP contribution in [0, 0.1) is 0 Å². The Morgan fingerprint density at radius 2 is 1.82 bits per heavy atom. The Morgan fingerprint density at radius 1 is 1.07 bits per heavy atom. The third-order valence-electron chi connectivity index (χ3n) is 4.38. The van der Waals surface area contributed by atoms with Gasteiger partial charge in [0.1, 0.15) is 0 Å². The van der Waals surface area contributed by atoms with E-state index in [4.69, 9.17) is 9.15 Å². The quantitative estimate of drug-likeness (QED) is 0.463. The van der Waals surface area contributed by atoms with Crippen LogP contribution in [0.2, 0.25) is 0 Å². The van der Waals surface area contributed by atoms with Crippen molar-refractivity contribution in [3.63, 3.8) is 0 Å². The van der Waals surface area contributed by atoms with Gasteiger partial charge in [0.2, 0.25) is 5.88 Å². The van der Waals surface area contributed by atoms with Crippen molar-refractivity contribution in [1.29, 1.82) is 0 Å². The Labute approximate surface area is 171 Å². The van der Waals surface area contributed by atoms with Gasteiger partial charge in [0.15, 0.2) is 5.76 Å². The van der Waals surface area contributed by atoms with Gasteiger partial charge in [-0.05, 0) is 38.8 Å². The molecule has 3 aromatic rings. The summed E-state index contributed by atoms with van der Waals surface area (Å²) in [6.07, 6.45) is 1.34. The van der Waals surface area contributed by atoms with E-state index >= 15 is 0 Å². The van der Waals surface area contributed by atoms with Crippen LogP contribution in [0.25, 0.3) is 10.8 Å².